The topological polar surface area (TPSA) is 98.7 Å². The van der Waals surface area contributed by atoms with Crippen molar-refractivity contribution in [1.82, 2.24) is 14.9 Å². The van der Waals surface area contributed by atoms with Gasteiger partial charge in [-0.25, -0.2) is 4.98 Å². The van der Waals surface area contributed by atoms with Crippen LogP contribution in [0.15, 0.2) is 16.9 Å². The molecule has 0 radical (unpaired) electrons. The van der Waals surface area contributed by atoms with Crippen molar-refractivity contribution in [3.05, 3.63) is 45.1 Å². The Labute approximate surface area is 152 Å². The van der Waals surface area contributed by atoms with Crippen LogP contribution in [-0.4, -0.2) is 38.7 Å². The van der Waals surface area contributed by atoms with E-state index in [1.165, 1.54) is 13.2 Å². The molecule has 140 valence electrons. The van der Waals surface area contributed by atoms with Crippen molar-refractivity contribution in [2.45, 2.75) is 45.7 Å². The summed E-state index contributed by atoms with van der Waals surface area (Å²) < 4.78 is 5.09. The van der Waals surface area contributed by atoms with Crippen LogP contribution in [0.5, 0.6) is 17.2 Å². The molecule has 0 saturated heterocycles. The van der Waals surface area contributed by atoms with Gasteiger partial charge in [-0.2, -0.15) is 0 Å². The van der Waals surface area contributed by atoms with Crippen LogP contribution in [0.25, 0.3) is 0 Å². The predicted molar refractivity (Wildman–Crippen MR) is 97.7 cm³/mol. The molecule has 26 heavy (non-hydrogen) atoms. The van der Waals surface area contributed by atoms with E-state index in [-0.39, 0.29) is 28.2 Å². The number of rotatable bonds is 3. The van der Waals surface area contributed by atoms with Gasteiger partial charge in [0.05, 0.1) is 12.8 Å². The molecule has 2 aromatic rings. The van der Waals surface area contributed by atoms with Gasteiger partial charge in [0, 0.05) is 30.6 Å². The minimum Gasteiger partial charge on any atom is -0.504 e. The summed E-state index contributed by atoms with van der Waals surface area (Å²) >= 11 is 0. The molecule has 0 aliphatic carbocycles. The Hall–Kier alpha value is -2.54. The van der Waals surface area contributed by atoms with Gasteiger partial charge in [0.15, 0.2) is 11.5 Å². The van der Waals surface area contributed by atoms with Crippen molar-refractivity contribution in [2.75, 3.05) is 13.7 Å². The van der Waals surface area contributed by atoms with Crippen LogP contribution < -0.4 is 10.3 Å². The van der Waals surface area contributed by atoms with E-state index < -0.39 is 0 Å². The Morgan fingerprint density at radius 3 is 2.69 bits per heavy atom. The van der Waals surface area contributed by atoms with Crippen molar-refractivity contribution in [2.24, 2.45) is 0 Å². The molecule has 0 bridgehead atoms. The second-order valence-corrected chi connectivity index (χ2v) is 7.72. The van der Waals surface area contributed by atoms with Gasteiger partial charge in [0.25, 0.3) is 5.56 Å². The lowest BCUT2D eigenvalue weighted by molar-refractivity contribution is 0.238. The van der Waals surface area contributed by atoms with Gasteiger partial charge in [-0.3, -0.25) is 9.69 Å². The SMILES string of the molecule is COc1cc(CN2CCc3c(nc(C(C)(C)C)[nH]c3=O)C2)cc(O)c1O. The van der Waals surface area contributed by atoms with E-state index in [1.54, 1.807) is 6.07 Å². The van der Waals surface area contributed by atoms with Crippen LogP contribution in [0.2, 0.25) is 0 Å². The third kappa shape index (κ3) is 3.53. The van der Waals surface area contributed by atoms with Gasteiger partial charge >= 0.3 is 0 Å². The number of fused-ring (bicyclic) bond motifs is 1. The maximum atomic E-state index is 12.4. The Morgan fingerprint density at radius 1 is 1.31 bits per heavy atom. The summed E-state index contributed by atoms with van der Waals surface area (Å²) in [6.45, 7) is 7.89. The molecule has 1 aromatic heterocycles. The fraction of sp³-hybridized carbons (Fsp3) is 0.474. The fourth-order valence-electron chi connectivity index (χ4n) is 3.14. The summed E-state index contributed by atoms with van der Waals surface area (Å²) in [7, 11) is 1.44. The molecule has 0 spiro atoms. The van der Waals surface area contributed by atoms with Crippen molar-refractivity contribution in [3.63, 3.8) is 0 Å². The Kier molecular flexibility index (Phi) is 4.66. The zero-order chi connectivity index (χ0) is 19.1. The van der Waals surface area contributed by atoms with Crippen molar-refractivity contribution < 1.29 is 14.9 Å². The zero-order valence-corrected chi connectivity index (χ0v) is 15.6. The summed E-state index contributed by atoms with van der Waals surface area (Å²) in [5, 5.41) is 19.6. The van der Waals surface area contributed by atoms with Crippen LogP contribution in [0, 0.1) is 0 Å². The van der Waals surface area contributed by atoms with Gasteiger partial charge < -0.3 is 19.9 Å². The number of benzene rings is 1. The summed E-state index contributed by atoms with van der Waals surface area (Å²) in [6.07, 6.45) is 0.628. The highest BCUT2D eigenvalue weighted by molar-refractivity contribution is 5.51. The van der Waals surface area contributed by atoms with Crippen molar-refractivity contribution >= 4 is 0 Å². The van der Waals surface area contributed by atoms with E-state index in [0.29, 0.717) is 25.3 Å². The van der Waals surface area contributed by atoms with Crippen LogP contribution in [-0.2, 0) is 24.9 Å². The van der Waals surface area contributed by atoms with Crippen LogP contribution >= 0.6 is 0 Å². The lowest BCUT2D eigenvalue weighted by Gasteiger charge is -2.29. The largest absolute Gasteiger partial charge is 0.504 e. The number of hydrogen-bond donors (Lipinski definition) is 3. The number of H-pyrrole nitrogens is 1. The summed E-state index contributed by atoms with van der Waals surface area (Å²) in [4.78, 5) is 22.1. The number of aromatic amines is 1. The molecule has 3 rings (SSSR count). The molecular weight excluding hydrogens is 334 g/mol. The third-order valence-electron chi connectivity index (χ3n) is 4.60. The molecule has 2 heterocycles. The van der Waals surface area contributed by atoms with Crippen LogP contribution in [0.4, 0.5) is 0 Å². The minimum atomic E-state index is -0.261. The standard InChI is InChI=1S/C19H25N3O4/c1-19(2,3)18-20-13-10-22(6-5-12(13)17(25)21-18)9-11-7-14(23)16(24)15(8-11)26-4/h7-8,23-24H,5-6,9-10H2,1-4H3,(H,20,21,25). The van der Waals surface area contributed by atoms with Gasteiger partial charge in [-0.1, -0.05) is 20.8 Å². The van der Waals surface area contributed by atoms with Crippen LogP contribution in [0.3, 0.4) is 0 Å². The number of phenols is 2. The number of nitrogens with zero attached hydrogens (tertiary/aromatic N) is 2. The number of ether oxygens (including phenoxy) is 1. The van der Waals surface area contributed by atoms with Gasteiger partial charge in [0.2, 0.25) is 5.75 Å². The average Bonchev–Trinajstić information content (AvgIpc) is 2.56. The molecule has 7 nitrogen and oxygen atoms in total. The normalized spacial score (nSPS) is 14.9. The number of nitrogens with one attached hydrogen (secondary N) is 1. The molecule has 1 aromatic carbocycles. The number of aromatic nitrogens is 2. The molecule has 0 fully saturated rings. The third-order valence-corrected chi connectivity index (χ3v) is 4.60. The smallest absolute Gasteiger partial charge is 0.254 e. The number of aromatic hydroxyl groups is 2. The first-order valence-corrected chi connectivity index (χ1v) is 8.62. The molecule has 3 N–H and O–H groups in total. The summed E-state index contributed by atoms with van der Waals surface area (Å²) in [5.41, 5.74) is 2.09. The first kappa shape index (κ1) is 18.3. The van der Waals surface area contributed by atoms with E-state index >= 15 is 0 Å². The second kappa shape index (κ2) is 6.64. The Balaban J connectivity index is 1.86. The quantitative estimate of drug-likeness (QED) is 0.726. The van der Waals surface area contributed by atoms with Gasteiger partial charge in [-0.05, 0) is 24.1 Å². The molecule has 7 heteroatoms. The van der Waals surface area contributed by atoms with E-state index in [0.717, 1.165) is 23.4 Å². The van der Waals surface area contributed by atoms with Crippen LogP contribution in [0.1, 0.15) is 43.4 Å². The van der Waals surface area contributed by atoms with Crippen molar-refractivity contribution in [3.8, 4) is 17.2 Å². The van der Waals surface area contributed by atoms with E-state index in [1.807, 2.05) is 20.8 Å². The predicted octanol–water partition coefficient (Wildman–Crippen LogP) is 2.05. The maximum absolute atomic E-state index is 12.4. The van der Waals surface area contributed by atoms with Crippen molar-refractivity contribution in [1.29, 1.82) is 0 Å². The molecule has 1 aliphatic heterocycles. The molecule has 0 saturated carbocycles. The molecule has 0 atom stereocenters. The number of phenolic OH excluding ortho intramolecular Hbond substituents is 2. The lowest BCUT2D eigenvalue weighted by Crippen LogP contribution is -2.36. The second-order valence-electron chi connectivity index (χ2n) is 7.72. The van der Waals surface area contributed by atoms with Gasteiger partial charge in [-0.15, -0.1) is 0 Å². The minimum absolute atomic E-state index is 0.0523. The number of hydrogen-bond acceptors (Lipinski definition) is 6. The maximum Gasteiger partial charge on any atom is 0.254 e. The van der Waals surface area contributed by atoms with Gasteiger partial charge in [0.1, 0.15) is 5.82 Å². The monoisotopic (exact) mass is 359 g/mol. The first-order valence-electron chi connectivity index (χ1n) is 8.62. The van der Waals surface area contributed by atoms with E-state index in [4.69, 9.17) is 9.72 Å². The number of methoxy groups -OCH3 is 1. The molecular formula is C19H25N3O4. The Morgan fingerprint density at radius 2 is 2.04 bits per heavy atom. The summed E-state index contributed by atoms with van der Waals surface area (Å²) in [5.74, 6) is 0.457. The van der Waals surface area contributed by atoms with E-state index in [2.05, 4.69) is 9.88 Å². The average molecular weight is 359 g/mol. The molecule has 0 amide bonds. The lowest BCUT2D eigenvalue weighted by atomic mass is 9.95. The summed E-state index contributed by atoms with van der Waals surface area (Å²) in [6, 6.07) is 3.23. The highest BCUT2D eigenvalue weighted by atomic mass is 16.5. The molecule has 1 aliphatic rings. The zero-order valence-electron chi connectivity index (χ0n) is 15.6. The fourth-order valence-corrected chi connectivity index (χ4v) is 3.14. The first-order chi connectivity index (χ1) is 12.2. The highest BCUT2D eigenvalue weighted by Crippen LogP contribution is 2.36. The highest BCUT2D eigenvalue weighted by Gasteiger charge is 2.25. The van der Waals surface area contributed by atoms with E-state index in [9.17, 15) is 15.0 Å². The molecule has 0 unspecified atom stereocenters. The Bertz CT molecular complexity index is 884.